The number of pyridine rings is 2. The Balaban J connectivity index is 1.23. The fourth-order valence-corrected chi connectivity index (χ4v) is 7.97. The maximum Gasteiger partial charge on any atom is 0.503 e. The van der Waals surface area contributed by atoms with Gasteiger partial charge in [-0.25, -0.2) is 4.98 Å². The van der Waals surface area contributed by atoms with E-state index in [4.69, 9.17) is 28.4 Å². The molecule has 0 radical (unpaired) electrons. The predicted molar refractivity (Wildman–Crippen MR) is 261 cm³/mol. The summed E-state index contributed by atoms with van der Waals surface area (Å²) >= 11 is 0. The Bertz CT molecular complexity index is 3890. The smallest absolute Gasteiger partial charge is 0.457 e. The van der Waals surface area contributed by atoms with Gasteiger partial charge in [-0.3, -0.25) is 9.55 Å². The van der Waals surface area contributed by atoms with Crippen molar-refractivity contribution in [2.75, 3.05) is 0 Å². The molecule has 6 aromatic carbocycles. The van der Waals surface area contributed by atoms with E-state index in [1.54, 1.807) is 27.5 Å². The van der Waals surface area contributed by atoms with Crippen LogP contribution in [-0.4, -0.2) is 20.5 Å². The van der Waals surface area contributed by atoms with Crippen molar-refractivity contribution in [1.29, 1.82) is 0 Å². The SMILES string of the molecule is [2H]c1c([2H])c(C([2H])([2H])[2H])c([2H])c([2H])c1-c1cccc(-c2c([2H])c([2H])c(C([2H])([2H])[2H])c([2H])c2[2H])c1[N+]1=C=[N+](c2cc(Oc3ccc4c5ncccc5n(-c5cc(C(C)(C)C)ccn5)c4c3)cc(C(C)(C)C)c2)c2ccccc21. The summed E-state index contributed by atoms with van der Waals surface area (Å²) in [5, 5.41) is 0.903. The average molecular weight is 836 g/mol. The Kier molecular flexibility index (Phi) is 6.47. The van der Waals surface area contributed by atoms with Gasteiger partial charge in [0.05, 0.1) is 44.7 Å². The molecule has 1 aliphatic heterocycles. The second-order valence-electron chi connectivity index (χ2n) is 17.6. The van der Waals surface area contributed by atoms with E-state index in [-0.39, 0.29) is 33.4 Å². The van der Waals surface area contributed by atoms with Crippen LogP contribution in [0.3, 0.4) is 0 Å². The molecule has 0 aliphatic carbocycles. The summed E-state index contributed by atoms with van der Waals surface area (Å²) in [4.78, 5) is 9.58. The summed E-state index contributed by atoms with van der Waals surface area (Å²) in [5.74, 6) is 1.72. The van der Waals surface area contributed by atoms with Crippen molar-refractivity contribution >= 4 is 50.7 Å². The van der Waals surface area contributed by atoms with Crippen molar-refractivity contribution in [3.63, 3.8) is 0 Å². The van der Waals surface area contributed by atoms with Crippen LogP contribution < -0.4 is 13.9 Å². The van der Waals surface area contributed by atoms with Crippen molar-refractivity contribution < 1.29 is 23.9 Å². The third-order valence-corrected chi connectivity index (χ3v) is 11.2. The molecule has 0 atom stereocenters. The molecule has 4 heterocycles. The van der Waals surface area contributed by atoms with Gasteiger partial charge in [-0.15, -0.1) is 0 Å². The van der Waals surface area contributed by atoms with Gasteiger partial charge < -0.3 is 4.74 Å². The number of aromatic nitrogens is 3. The number of ether oxygens (including phenoxy) is 1. The summed E-state index contributed by atoms with van der Waals surface area (Å²) in [7, 11) is 0. The van der Waals surface area contributed by atoms with Crippen LogP contribution in [0, 0.1) is 13.7 Å². The minimum Gasteiger partial charge on any atom is -0.457 e. The lowest BCUT2D eigenvalue weighted by molar-refractivity contribution is 0.479. The predicted octanol–water partition coefficient (Wildman–Crippen LogP) is 14.8. The summed E-state index contributed by atoms with van der Waals surface area (Å²) in [5.41, 5.74) is 3.34. The molecule has 0 amide bonds. The first-order chi connectivity index (χ1) is 36.1. The second kappa shape index (κ2) is 15.2. The molecule has 63 heavy (non-hydrogen) atoms. The Morgan fingerprint density at radius 2 is 1.25 bits per heavy atom. The lowest BCUT2D eigenvalue weighted by Crippen LogP contribution is -2.12. The number of hydrogen-bond donors (Lipinski definition) is 0. The molecule has 0 unspecified atom stereocenters. The number of para-hydroxylation sites is 3. The first-order valence-electron chi connectivity index (χ1n) is 27.6. The summed E-state index contributed by atoms with van der Waals surface area (Å²) in [6, 6.07) is 28.8. The van der Waals surface area contributed by atoms with E-state index in [0.717, 1.165) is 38.9 Å². The Hall–Kier alpha value is -7.40. The Morgan fingerprint density at radius 1 is 0.587 bits per heavy atom. The summed E-state index contributed by atoms with van der Waals surface area (Å²) in [6.07, 6.45) is 3.58. The molecule has 0 N–H and O–H groups in total. The summed E-state index contributed by atoms with van der Waals surface area (Å²) in [6.45, 7) is 6.64. The van der Waals surface area contributed by atoms with Crippen LogP contribution in [0.4, 0.5) is 22.7 Å². The number of benzene rings is 6. The van der Waals surface area contributed by atoms with Gasteiger partial charge in [0.25, 0.3) is 11.4 Å². The van der Waals surface area contributed by atoms with E-state index in [1.807, 2.05) is 72.9 Å². The first kappa shape index (κ1) is 26.8. The Labute approximate surface area is 389 Å². The van der Waals surface area contributed by atoms with Gasteiger partial charge in [-0.1, -0.05) is 119 Å². The zero-order chi connectivity index (χ0) is 55.6. The average Bonchev–Trinajstić information content (AvgIpc) is 3.90. The van der Waals surface area contributed by atoms with E-state index >= 15 is 0 Å². The standard InChI is InChI=1S/C57H51N5O/c1-37-18-22-39(23-19-37)46-13-11-14-47(40-24-20-38(2)21-25-40)55(46)61-36-60(49-15-9-10-16-50(49)61)43-31-42(57(6,7)8)32-45(34-43)63-44-26-27-48-52(35-44)62(51-17-12-29-59-54(48)51)53-33-41(28-30-58-53)56(3,4)5/h9-35H,1-8H3/q+2/i1D3,2D3,18D,19D,20D,21D,22D,23D,24D,25D. The normalized spacial score (nSPS) is 16.3. The number of rotatable bonds is 7. The zero-order valence-corrected chi connectivity index (χ0v) is 35.6. The van der Waals surface area contributed by atoms with Crippen LogP contribution >= 0.6 is 0 Å². The highest BCUT2D eigenvalue weighted by Gasteiger charge is 2.39. The van der Waals surface area contributed by atoms with E-state index in [0.29, 0.717) is 28.6 Å². The minimum atomic E-state index is -3.01. The van der Waals surface area contributed by atoms with Gasteiger partial charge in [0.1, 0.15) is 17.3 Å². The first-order valence-corrected chi connectivity index (χ1v) is 20.6. The van der Waals surface area contributed by atoms with Crippen molar-refractivity contribution in [2.24, 2.45) is 0 Å². The minimum absolute atomic E-state index is 0.00620. The van der Waals surface area contributed by atoms with Crippen LogP contribution in [0.2, 0.25) is 0 Å². The highest BCUT2D eigenvalue weighted by Crippen LogP contribution is 2.45. The molecule has 1 aliphatic rings. The van der Waals surface area contributed by atoms with Gasteiger partial charge >= 0.3 is 6.01 Å². The molecule has 0 fully saturated rings. The highest BCUT2D eigenvalue weighted by molar-refractivity contribution is 6.07. The molecule has 0 saturated carbocycles. The molecule has 9 aromatic rings. The summed E-state index contributed by atoms with van der Waals surface area (Å²) < 4.78 is 133. The third kappa shape index (κ3) is 7.33. The number of hydrogen-bond acceptors (Lipinski definition) is 3. The van der Waals surface area contributed by atoms with E-state index in [2.05, 4.69) is 58.2 Å². The number of fused-ring (bicyclic) bond motifs is 4. The molecule has 6 nitrogen and oxygen atoms in total. The zero-order valence-electron chi connectivity index (χ0n) is 49.6. The molecular formula is C57H51N5O+2. The molecule has 3 aromatic heterocycles. The number of nitrogens with zero attached hydrogens (tertiary/aromatic N) is 5. The molecule has 0 bridgehead atoms. The van der Waals surface area contributed by atoms with E-state index in [1.165, 1.54) is 18.2 Å². The van der Waals surface area contributed by atoms with Gasteiger partial charge in [0, 0.05) is 50.3 Å². The highest BCUT2D eigenvalue weighted by atomic mass is 16.5. The van der Waals surface area contributed by atoms with Gasteiger partial charge in [-0.05, 0) is 111 Å². The topological polar surface area (TPSA) is 46.0 Å². The second-order valence-corrected chi connectivity index (χ2v) is 17.6. The molecule has 308 valence electrons. The molecular weight excluding hydrogens is 771 g/mol. The van der Waals surface area contributed by atoms with Gasteiger partial charge in [-0.2, -0.15) is 0 Å². The third-order valence-electron chi connectivity index (χ3n) is 11.2. The lowest BCUT2D eigenvalue weighted by atomic mass is 9.86. The van der Waals surface area contributed by atoms with E-state index in [9.17, 15) is 5.48 Å². The van der Waals surface area contributed by atoms with Crippen molar-refractivity contribution in [1.82, 2.24) is 23.7 Å². The fourth-order valence-electron chi connectivity index (χ4n) is 7.97. The molecule has 10 rings (SSSR count). The Morgan fingerprint density at radius 3 is 1.90 bits per heavy atom. The monoisotopic (exact) mass is 835 g/mol. The molecule has 0 saturated heterocycles. The molecule has 0 spiro atoms. The molecule has 6 heteroatoms. The quantitative estimate of drug-likeness (QED) is 0.150. The largest absolute Gasteiger partial charge is 0.503 e. The maximum absolute atomic E-state index is 9.25. The van der Waals surface area contributed by atoms with Crippen LogP contribution in [0.15, 0.2) is 164 Å². The van der Waals surface area contributed by atoms with Gasteiger partial charge in [0.15, 0.2) is 0 Å². The van der Waals surface area contributed by atoms with E-state index < -0.39 is 78.6 Å². The van der Waals surface area contributed by atoms with Gasteiger partial charge in [0.2, 0.25) is 11.4 Å². The van der Waals surface area contributed by atoms with Crippen molar-refractivity contribution in [2.45, 2.75) is 66.1 Å². The fraction of sp³-hybridized carbons (Fsp3) is 0.175. The van der Waals surface area contributed by atoms with Crippen LogP contribution in [0.25, 0.3) is 50.0 Å². The maximum atomic E-state index is 9.25. The van der Waals surface area contributed by atoms with Crippen molar-refractivity contribution in [3.05, 3.63) is 186 Å². The van der Waals surface area contributed by atoms with Crippen LogP contribution in [0.5, 0.6) is 11.5 Å². The van der Waals surface area contributed by atoms with Crippen LogP contribution in [0.1, 0.15) is 83.0 Å². The van der Waals surface area contributed by atoms with Crippen LogP contribution in [-0.2, 0) is 10.8 Å². The van der Waals surface area contributed by atoms with Crippen molar-refractivity contribution in [3.8, 4) is 39.6 Å². The lowest BCUT2D eigenvalue weighted by Gasteiger charge is -2.20.